The quantitative estimate of drug-likeness (QED) is 0.153. The van der Waals surface area contributed by atoms with Crippen molar-refractivity contribution in [1.29, 1.82) is 0 Å². The van der Waals surface area contributed by atoms with Crippen molar-refractivity contribution in [3.63, 3.8) is 0 Å². The highest BCUT2D eigenvalue weighted by atomic mass is 16.5. The van der Waals surface area contributed by atoms with Crippen LogP contribution < -0.4 is 0 Å². The molecule has 0 amide bonds. The molecule has 180 valence electrons. The Labute approximate surface area is 180 Å². The molecule has 0 aliphatic heterocycles. The van der Waals surface area contributed by atoms with E-state index >= 15 is 0 Å². The zero-order chi connectivity index (χ0) is 22.8. The van der Waals surface area contributed by atoms with Crippen molar-refractivity contribution in [2.24, 2.45) is 0 Å². The monoisotopic (exact) mass is 424 g/mol. The third-order valence-corrected chi connectivity index (χ3v) is 4.40. The second kappa shape index (κ2) is 30.0. The molecule has 0 aliphatic rings. The van der Waals surface area contributed by atoms with Crippen molar-refractivity contribution in [1.82, 2.24) is 0 Å². The highest BCUT2D eigenvalue weighted by Gasteiger charge is 1.97. The van der Waals surface area contributed by atoms with Gasteiger partial charge in [-0.3, -0.25) is 0 Å². The maximum Gasteiger partial charge on any atom is 0.151 e. The number of hydrogen-bond acceptors (Lipinski definition) is 6. The predicted octanol–water partition coefficient (Wildman–Crippen LogP) is 4.24. The van der Waals surface area contributed by atoms with E-state index in [2.05, 4.69) is 13.8 Å². The molecule has 0 aromatic heterocycles. The van der Waals surface area contributed by atoms with Crippen LogP contribution >= 0.6 is 0 Å². The lowest BCUT2D eigenvalue weighted by molar-refractivity contribution is -0.0472. The van der Waals surface area contributed by atoms with E-state index in [1.165, 1.54) is 71.1 Å². The van der Waals surface area contributed by atoms with Gasteiger partial charge < -0.3 is 30.6 Å². The van der Waals surface area contributed by atoms with Crippen LogP contribution in [-0.2, 0) is 0 Å². The van der Waals surface area contributed by atoms with Crippen LogP contribution in [-0.4, -0.2) is 55.9 Å². The van der Waals surface area contributed by atoms with E-state index in [4.69, 9.17) is 30.6 Å². The van der Waals surface area contributed by atoms with E-state index in [1.807, 2.05) is 0 Å². The average Bonchev–Trinajstić information content (AvgIpc) is 2.67. The molecule has 0 radical (unpaired) electrons. The van der Waals surface area contributed by atoms with Crippen LogP contribution in [0.25, 0.3) is 0 Å². The molecule has 0 bridgehead atoms. The van der Waals surface area contributed by atoms with Gasteiger partial charge in [0.05, 0.1) is 12.7 Å². The summed E-state index contributed by atoms with van der Waals surface area (Å²) in [5.74, 6) is 0. The molecular weight excluding hydrogens is 372 g/mol. The summed E-state index contributed by atoms with van der Waals surface area (Å²) in [6, 6.07) is 0. The SMILES string of the molecule is CC(O)CO.CCCCCCCCCC(O)O.CCCCCCCCCC(O)O. The van der Waals surface area contributed by atoms with Gasteiger partial charge in [0.2, 0.25) is 0 Å². The van der Waals surface area contributed by atoms with Gasteiger partial charge in [-0.05, 0) is 32.6 Å². The molecule has 0 aromatic carbocycles. The fourth-order valence-electron chi connectivity index (χ4n) is 2.57. The normalized spacial score (nSPS) is 11.7. The summed E-state index contributed by atoms with van der Waals surface area (Å²) >= 11 is 0. The standard InChI is InChI=1S/2C10H22O2.C3H8O2/c2*1-2-3-4-5-6-7-8-9-10(11)12;1-3(5)2-4/h2*10-12H,2-9H2,1H3;3-5H,2H2,1H3. The summed E-state index contributed by atoms with van der Waals surface area (Å²) in [5, 5.41) is 50.2. The van der Waals surface area contributed by atoms with Gasteiger partial charge in [0.15, 0.2) is 12.6 Å². The minimum absolute atomic E-state index is 0.139. The van der Waals surface area contributed by atoms with E-state index in [0.29, 0.717) is 12.8 Å². The molecule has 0 aliphatic carbocycles. The average molecular weight is 425 g/mol. The Balaban J connectivity index is -0.000000380. The van der Waals surface area contributed by atoms with Crippen molar-refractivity contribution < 1.29 is 30.6 Å². The summed E-state index contributed by atoms with van der Waals surface area (Å²) in [7, 11) is 0. The fraction of sp³-hybridized carbons (Fsp3) is 1.00. The molecule has 0 spiro atoms. The molecule has 6 N–H and O–H groups in total. The Morgan fingerprint density at radius 3 is 0.931 bits per heavy atom. The Bertz CT molecular complexity index is 238. The Kier molecular flexibility index (Phi) is 34.5. The van der Waals surface area contributed by atoms with Gasteiger partial charge in [-0.1, -0.05) is 90.9 Å². The molecule has 0 rings (SSSR count). The molecule has 6 nitrogen and oxygen atoms in total. The van der Waals surface area contributed by atoms with E-state index in [0.717, 1.165) is 25.7 Å². The van der Waals surface area contributed by atoms with Crippen molar-refractivity contribution in [2.75, 3.05) is 6.61 Å². The maximum atomic E-state index is 8.55. The lowest BCUT2D eigenvalue weighted by atomic mass is 10.1. The summed E-state index contributed by atoms with van der Waals surface area (Å²) in [6.45, 7) is 5.81. The highest BCUT2D eigenvalue weighted by Crippen LogP contribution is 2.09. The van der Waals surface area contributed by atoms with Crippen molar-refractivity contribution in [3.8, 4) is 0 Å². The van der Waals surface area contributed by atoms with E-state index in [-0.39, 0.29) is 6.61 Å². The zero-order valence-corrected chi connectivity index (χ0v) is 19.4. The highest BCUT2D eigenvalue weighted by molar-refractivity contribution is 4.47. The molecule has 0 fully saturated rings. The largest absolute Gasteiger partial charge is 0.394 e. The van der Waals surface area contributed by atoms with E-state index in [9.17, 15) is 0 Å². The van der Waals surface area contributed by atoms with Crippen molar-refractivity contribution >= 4 is 0 Å². The summed E-state index contributed by atoms with van der Waals surface area (Å²) in [4.78, 5) is 0. The Morgan fingerprint density at radius 2 is 0.724 bits per heavy atom. The molecule has 1 atom stereocenters. The second-order valence-electron chi connectivity index (χ2n) is 7.81. The predicted molar refractivity (Wildman–Crippen MR) is 120 cm³/mol. The molecule has 0 saturated carbocycles. The van der Waals surface area contributed by atoms with Crippen LogP contribution in [0.5, 0.6) is 0 Å². The van der Waals surface area contributed by atoms with Crippen molar-refractivity contribution in [3.05, 3.63) is 0 Å². The van der Waals surface area contributed by atoms with Crippen LogP contribution in [0.1, 0.15) is 124 Å². The number of aliphatic hydroxyl groups is 6. The Morgan fingerprint density at radius 1 is 0.483 bits per heavy atom. The zero-order valence-electron chi connectivity index (χ0n) is 19.4. The number of unbranched alkanes of at least 4 members (excludes halogenated alkanes) is 12. The first-order valence-corrected chi connectivity index (χ1v) is 11.8. The summed E-state index contributed by atoms with van der Waals surface area (Å²) in [6.07, 6.45) is 15.5. The van der Waals surface area contributed by atoms with Gasteiger partial charge >= 0.3 is 0 Å². The van der Waals surface area contributed by atoms with Gasteiger partial charge in [0, 0.05) is 0 Å². The van der Waals surface area contributed by atoms with Crippen LogP contribution in [0, 0.1) is 0 Å². The number of hydrogen-bond donors (Lipinski definition) is 6. The minimum atomic E-state index is -1.10. The number of rotatable bonds is 17. The first-order chi connectivity index (χ1) is 13.8. The topological polar surface area (TPSA) is 121 Å². The first-order valence-electron chi connectivity index (χ1n) is 11.8. The molecule has 1 unspecified atom stereocenters. The second-order valence-corrected chi connectivity index (χ2v) is 7.81. The van der Waals surface area contributed by atoms with Crippen molar-refractivity contribution in [2.45, 2.75) is 142 Å². The van der Waals surface area contributed by atoms with Crippen LogP contribution in [0.4, 0.5) is 0 Å². The third kappa shape index (κ3) is 47.2. The van der Waals surface area contributed by atoms with E-state index in [1.54, 1.807) is 0 Å². The van der Waals surface area contributed by atoms with Gasteiger partial charge in [-0.15, -0.1) is 0 Å². The number of aliphatic hydroxyl groups excluding tert-OH is 4. The van der Waals surface area contributed by atoms with Gasteiger partial charge in [0.25, 0.3) is 0 Å². The Hall–Kier alpha value is -0.240. The van der Waals surface area contributed by atoms with Gasteiger partial charge in [-0.2, -0.15) is 0 Å². The van der Waals surface area contributed by atoms with Crippen LogP contribution in [0.2, 0.25) is 0 Å². The van der Waals surface area contributed by atoms with Crippen LogP contribution in [0.3, 0.4) is 0 Å². The fourth-order valence-corrected chi connectivity index (χ4v) is 2.57. The molecular formula is C23H52O6. The maximum absolute atomic E-state index is 8.55. The molecule has 0 heterocycles. The summed E-state index contributed by atoms with van der Waals surface area (Å²) in [5.41, 5.74) is 0. The van der Waals surface area contributed by atoms with E-state index < -0.39 is 18.7 Å². The van der Waals surface area contributed by atoms with Crippen LogP contribution in [0.15, 0.2) is 0 Å². The van der Waals surface area contributed by atoms with Gasteiger partial charge in [-0.25, -0.2) is 0 Å². The van der Waals surface area contributed by atoms with Gasteiger partial charge in [0.1, 0.15) is 0 Å². The third-order valence-electron chi connectivity index (χ3n) is 4.40. The minimum Gasteiger partial charge on any atom is -0.394 e. The first kappa shape index (κ1) is 33.4. The molecule has 0 saturated heterocycles. The molecule has 0 aromatic rings. The molecule has 6 heteroatoms. The summed E-state index contributed by atoms with van der Waals surface area (Å²) < 4.78 is 0. The lowest BCUT2D eigenvalue weighted by Gasteiger charge is -2.02. The smallest absolute Gasteiger partial charge is 0.151 e. The lowest BCUT2D eigenvalue weighted by Crippen LogP contribution is -2.03. The molecule has 29 heavy (non-hydrogen) atoms.